The zero-order chi connectivity index (χ0) is 20.8. The Hall–Kier alpha value is -1.73. The Morgan fingerprint density at radius 2 is 1.71 bits per heavy atom. The van der Waals surface area contributed by atoms with Crippen LogP contribution in [0.2, 0.25) is 0 Å². The highest BCUT2D eigenvalue weighted by Gasteiger charge is 2.36. The Kier molecular flexibility index (Phi) is 12.4. The van der Waals surface area contributed by atoms with Crippen LogP contribution in [0.25, 0.3) is 0 Å². The maximum absolute atomic E-state index is 10.6. The highest BCUT2D eigenvalue weighted by Crippen LogP contribution is 2.26. The molecule has 0 aromatic rings. The van der Waals surface area contributed by atoms with Crippen LogP contribution < -0.4 is 0 Å². The van der Waals surface area contributed by atoms with Gasteiger partial charge in [-0.2, -0.15) is 0 Å². The topological polar surface area (TPSA) is 107 Å². The van der Waals surface area contributed by atoms with Crippen LogP contribution in [0.4, 0.5) is 0 Å². The molecule has 0 spiro atoms. The average molecular weight is 395 g/mol. The number of carboxylic acids is 1. The molecule has 0 unspecified atom stereocenters. The maximum Gasteiger partial charge on any atom is 0.303 e. The molecule has 6 heteroatoms. The molecule has 158 valence electrons. The van der Waals surface area contributed by atoms with E-state index < -0.39 is 36.5 Å². The van der Waals surface area contributed by atoms with Crippen LogP contribution in [0.5, 0.6) is 0 Å². The lowest BCUT2D eigenvalue weighted by Gasteiger charge is -2.16. The fourth-order valence-electron chi connectivity index (χ4n) is 2.90. The van der Waals surface area contributed by atoms with Crippen molar-refractivity contribution >= 4 is 5.97 Å². The third kappa shape index (κ3) is 10.6. The zero-order valence-electron chi connectivity index (χ0n) is 16.6. The van der Waals surface area contributed by atoms with E-state index in [2.05, 4.69) is 31.2 Å². The maximum atomic E-state index is 10.6. The minimum absolute atomic E-state index is 0.0872. The van der Waals surface area contributed by atoms with Crippen molar-refractivity contribution in [3.8, 4) is 0 Å². The Labute approximate surface area is 167 Å². The average Bonchev–Trinajstić information content (AvgIpc) is 3.04. The van der Waals surface area contributed by atoms with Gasteiger partial charge in [-0.05, 0) is 32.1 Å². The van der Waals surface area contributed by atoms with E-state index in [1.54, 1.807) is 0 Å². The van der Waals surface area contributed by atoms with Gasteiger partial charge in [0.05, 0.1) is 30.5 Å². The van der Waals surface area contributed by atoms with Gasteiger partial charge in [-0.25, -0.2) is 0 Å². The normalized spacial score (nSPS) is 25.5. The third-order valence-corrected chi connectivity index (χ3v) is 4.46. The first-order chi connectivity index (χ1) is 13.4. The first-order valence-electron chi connectivity index (χ1n) is 9.98. The summed E-state index contributed by atoms with van der Waals surface area (Å²) in [5.41, 5.74) is 0. The van der Waals surface area contributed by atoms with Gasteiger partial charge in [-0.15, -0.1) is 0 Å². The largest absolute Gasteiger partial charge is 0.481 e. The van der Waals surface area contributed by atoms with Gasteiger partial charge in [0.2, 0.25) is 0 Å². The van der Waals surface area contributed by atoms with Crippen LogP contribution in [0, 0.1) is 0 Å². The Bertz CT molecular complexity index is 551. The SMILES string of the molecule is CC/C=C\C/C=C\C/C=C\C[C@@H](O)/C=C/[C@@H](O)[C@H]1C[C@H](O)[C@H](CCC(=O)O)O1. The van der Waals surface area contributed by atoms with Gasteiger partial charge in [-0.3, -0.25) is 4.79 Å². The number of rotatable bonds is 13. The molecule has 0 bridgehead atoms. The Balaban J connectivity index is 2.28. The van der Waals surface area contributed by atoms with E-state index in [4.69, 9.17) is 9.84 Å². The zero-order valence-corrected chi connectivity index (χ0v) is 16.6. The van der Waals surface area contributed by atoms with Gasteiger partial charge in [0, 0.05) is 12.8 Å². The van der Waals surface area contributed by atoms with Crippen molar-refractivity contribution in [2.45, 2.75) is 82.4 Å². The summed E-state index contributed by atoms with van der Waals surface area (Å²) in [6.45, 7) is 2.10. The van der Waals surface area contributed by atoms with Crippen LogP contribution >= 0.6 is 0 Å². The summed E-state index contributed by atoms with van der Waals surface area (Å²) in [6.07, 6.45) is 15.3. The van der Waals surface area contributed by atoms with Crippen LogP contribution in [-0.4, -0.2) is 56.9 Å². The molecular formula is C22H34O6. The Morgan fingerprint density at radius 3 is 2.36 bits per heavy atom. The van der Waals surface area contributed by atoms with Crippen molar-refractivity contribution in [2.24, 2.45) is 0 Å². The summed E-state index contributed by atoms with van der Waals surface area (Å²) in [5, 5.41) is 38.7. The minimum atomic E-state index is -0.956. The molecule has 1 rings (SSSR count). The van der Waals surface area contributed by atoms with Crippen molar-refractivity contribution in [3.05, 3.63) is 48.6 Å². The second-order valence-electron chi connectivity index (χ2n) is 6.92. The molecule has 6 nitrogen and oxygen atoms in total. The molecular weight excluding hydrogens is 360 g/mol. The van der Waals surface area contributed by atoms with E-state index in [0.717, 1.165) is 19.3 Å². The van der Waals surface area contributed by atoms with E-state index in [1.807, 2.05) is 12.2 Å². The number of carboxylic acid groups (broad SMARTS) is 1. The fraction of sp³-hybridized carbons (Fsp3) is 0.591. The van der Waals surface area contributed by atoms with Crippen molar-refractivity contribution in [2.75, 3.05) is 0 Å². The monoisotopic (exact) mass is 394 g/mol. The van der Waals surface area contributed by atoms with Gasteiger partial charge < -0.3 is 25.2 Å². The molecule has 4 N–H and O–H groups in total. The summed E-state index contributed by atoms with van der Waals surface area (Å²) < 4.78 is 5.56. The number of ether oxygens (including phenoxy) is 1. The number of hydrogen-bond acceptors (Lipinski definition) is 5. The second-order valence-corrected chi connectivity index (χ2v) is 6.92. The van der Waals surface area contributed by atoms with E-state index in [-0.39, 0.29) is 19.3 Å². The van der Waals surface area contributed by atoms with Crippen LogP contribution in [0.1, 0.15) is 51.9 Å². The predicted octanol–water partition coefficient (Wildman–Crippen LogP) is 2.90. The molecule has 1 saturated heterocycles. The smallest absolute Gasteiger partial charge is 0.303 e. The van der Waals surface area contributed by atoms with E-state index in [0.29, 0.717) is 6.42 Å². The van der Waals surface area contributed by atoms with Gasteiger partial charge in [-0.1, -0.05) is 55.5 Å². The van der Waals surface area contributed by atoms with Gasteiger partial charge >= 0.3 is 5.97 Å². The molecule has 1 aliphatic rings. The molecule has 0 radical (unpaired) electrons. The first kappa shape index (κ1) is 24.3. The van der Waals surface area contributed by atoms with Gasteiger partial charge in [0.25, 0.3) is 0 Å². The standard InChI is InChI=1S/C22H34O6/c1-2-3-4-5-6-7-8-9-10-11-17(23)12-13-18(24)21-16-19(25)20(28-21)14-15-22(26)27/h3-4,6-7,9-10,12-13,17-21,23-25H,2,5,8,11,14-16H2,1H3,(H,26,27)/b4-3-,7-6-,10-9-,13-12+/t17-,18-,19+,20+,21-/m1/s1. The molecule has 1 fully saturated rings. The molecule has 0 saturated carbocycles. The molecule has 1 heterocycles. The van der Waals surface area contributed by atoms with Crippen molar-refractivity contribution in [1.82, 2.24) is 0 Å². The summed E-state index contributed by atoms with van der Waals surface area (Å²) in [4.78, 5) is 10.6. The third-order valence-electron chi connectivity index (χ3n) is 4.46. The molecule has 0 aliphatic carbocycles. The van der Waals surface area contributed by atoms with E-state index in [9.17, 15) is 20.1 Å². The lowest BCUT2D eigenvalue weighted by molar-refractivity contribution is -0.138. The number of carbonyl (C=O) groups is 1. The van der Waals surface area contributed by atoms with Crippen molar-refractivity contribution in [3.63, 3.8) is 0 Å². The molecule has 5 atom stereocenters. The number of aliphatic carboxylic acids is 1. The van der Waals surface area contributed by atoms with Gasteiger partial charge in [0.1, 0.15) is 0 Å². The highest BCUT2D eigenvalue weighted by molar-refractivity contribution is 5.66. The summed E-state index contributed by atoms with van der Waals surface area (Å²) in [5.74, 6) is -0.945. The molecule has 28 heavy (non-hydrogen) atoms. The number of allylic oxidation sites excluding steroid dienone is 5. The number of aliphatic hydroxyl groups excluding tert-OH is 3. The molecule has 0 aromatic carbocycles. The molecule has 1 aliphatic heterocycles. The summed E-state index contributed by atoms with van der Waals surface area (Å²) in [6, 6.07) is 0. The van der Waals surface area contributed by atoms with Crippen molar-refractivity contribution < 1.29 is 30.0 Å². The lowest BCUT2D eigenvalue weighted by atomic mass is 10.0. The van der Waals surface area contributed by atoms with Gasteiger partial charge in [0.15, 0.2) is 0 Å². The van der Waals surface area contributed by atoms with Crippen LogP contribution in [0.3, 0.4) is 0 Å². The van der Waals surface area contributed by atoms with Crippen LogP contribution in [-0.2, 0) is 9.53 Å². The van der Waals surface area contributed by atoms with E-state index in [1.165, 1.54) is 12.2 Å². The van der Waals surface area contributed by atoms with E-state index >= 15 is 0 Å². The van der Waals surface area contributed by atoms with Crippen molar-refractivity contribution in [1.29, 1.82) is 0 Å². The number of hydrogen-bond donors (Lipinski definition) is 4. The predicted molar refractivity (Wildman–Crippen MR) is 109 cm³/mol. The molecule has 0 aromatic heterocycles. The minimum Gasteiger partial charge on any atom is -0.481 e. The quantitative estimate of drug-likeness (QED) is 0.358. The number of aliphatic hydroxyl groups is 3. The molecule has 0 amide bonds. The highest BCUT2D eigenvalue weighted by atomic mass is 16.5. The summed E-state index contributed by atoms with van der Waals surface area (Å²) >= 11 is 0. The second kappa shape index (κ2) is 14.3. The first-order valence-corrected chi connectivity index (χ1v) is 9.98. The fourth-order valence-corrected chi connectivity index (χ4v) is 2.90. The lowest BCUT2D eigenvalue weighted by Crippen LogP contribution is -2.25. The Morgan fingerprint density at radius 1 is 1.07 bits per heavy atom. The summed E-state index contributed by atoms with van der Waals surface area (Å²) in [7, 11) is 0. The van der Waals surface area contributed by atoms with Crippen LogP contribution in [0.15, 0.2) is 48.6 Å².